The highest BCUT2D eigenvalue weighted by Gasteiger charge is 2.30. The second-order valence-electron chi connectivity index (χ2n) is 31.3. The van der Waals surface area contributed by atoms with Crippen LogP contribution in [0.2, 0.25) is 0 Å². The number of esters is 4. The molecule has 0 radical (unpaired) electrons. The Morgan fingerprint density at radius 1 is 0.279 bits per heavy atom. The van der Waals surface area contributed by atoms with Crippen LogP contribution >= 0.6 is 15.6 Å². The van der Waals surface area contributed by atoms with Gasteiger partial charge < -0.3 is 33.8 Å². The van der Waals surface area contributed by atoms with Gasteiger partial charge in [-0.25, -0.2) is 9.13 Å². The fraction of sp³-hybridized carbons (Fsp3) is 0.953. The topological polar surface area (TPSA) is 237 Å². The van der Waals surface area contributed by atoms with Gasteiger partial charge in [0.25, 0.3) is 0 Å². The summed E-state index contributed by atoms with van der Waals surface area (Å²) in [6.45, 7) is 9.73. The maximum Gasteiger partial charge on any atom is 0.472 e. The Hall–Kier alpha value is -1.94. The van der Waals surface area contributed by atoms with Crippen molar-refractivity contribution in [1.82, 2.24) is 0 Å². The number of rotatable bonds is 84. The predicted molar refractivity (Wildman–Crippen MR) is 428 cm³/mol. The molecule has 618 valence electrons. The Bertz CT molecular complexity index is 2000. The van der Waals surface area contributed by atoms with Gasteiger partial charge in [0.05, 0.1) is 26.4 Å². The summed E-state index contributed by atoms with van der Waals surface area (Å²) >= 11 is 0. The average Bonchev–Trinajstić information content (AvgIpc) is 0.904. The van der Waals surface area contributed by atoms with Gasteiger partial charge in [-0.05, 0) is 37.5 Å². The van der Waals surface area contributed by atoms with E-state index in [4.69, 9.17) is 37.0 Å². The molecule has 0 amide bonds. The van der Waals surface area contributed by atoms with E-state index in [-0.39, 0.29) is 25.7 Å². The summed E-state index contributed by atoms with van der Waals surface area (Å²) in [5, 5.41) is 10.7. The number of unbranched alkanes of at least 4 members (excludes halogenated alkanes) is 53. The number of ether oxygens (including phenoxy) is 4. The highest BCUT2D eigenvalue weighted by molar-refractivity contribution is 7.47. The summed E-state index contributed by atoms with van der Waals surface area (Å²) in [6.07, 6.45) is 68.1. The lowest BCUT2D eigenvalue weighted by Gasteiger charge is -2.21. The van der Waals surface area contributed by atoms with E-state index in [0.29, 0.717) is 25.7 Å². The Morgan fingerprint density at radius 3 is 0.731 bits per heavy atom. The zero-order valence-electron chi connectivity index (χ0n) is 68.3. The summed E-state index contributed by atoms with van der Waals surface area (Å²) in [5.74, 6) is -0.428. The second-order valence-corrected chi connectivity index (χ2v) is 34.2. The van der Waals surface area contributed by atoms with Gasteiger partial charge in [0.1, 0.15) is 19.3 Å². The zero-order valence-corrected chi connectivity index (χ0v) is 70.1. The van der Waals surface area contributed by atoms with Gasteiger partial charge in [0.2, 0.25) is 0 Å². The van der Waals surface area contributed by atoms with Crippen molar-refractivity contribution < 1.29 is 80.2 Å². The van der Waals surface area contributed by atoms with Gasteiger partial charge in [-0.1, -0.05) is 401 Å². The van der Waals surface area contributed by atoms with Crippen LogP contribution in [0.1, 0.15) is 452 Å². The Balaban J connectivity index is 5.19. The SMILES string of the molecule is CCCCCCCCCCCCCCCCCCC(=O)O[C@H](COC(=O)CCCCCCCCCC)COP(=O)(O)OC[C@H](O)COP(=O)(O)OC[C@@H](COC(=O)CCCCCCCCCCCCCCCCCC(C)C)OC(=O)CCCCCCCCCCCCCCCCCCCCC(C)CC. The summed E-state index contributed by atoms with van der Waals surface area (Å²) in [6, 6.07) is 0. The number of aliphatic hydroxyl groups is 1. The lowest BCUT2D eigenvalue weighted by molar-refractivity contribution is -0.161. The number of hydrogen-bond acceptors (Lipinski definition) is 15. The van der Waals surface area contributed by atoms with Gasteiger partial charge in [-0.3, -0.25) is 37.3 Å². The van der Waals surface area contributed by atoms with E-state index in [2.05, 4.69) is 41.5 Å². The number of hydrogen-bond donors (Lipinski definition) is 3. The van der Waals surface area contributed by atoms with Crippen LogP contribution in [-0.4, -0.2) is 96.7 Å². The van der Waals surface area contributed by atoms with E-state index in [0.717, 1.165) is 108 Å². The standard InChI is InChI=1S/C85H166O17P2/c1-7-10-12-14-16-18-19-20-21-29-35-40-45-51-57-63-69-84(89)101-80(73-95-82(87)67-61-55-49-17-15-13-11-8-2)75-99-103(91,92)97-71-79(86)72-98-104(93,94)100-76-81(74-96-83(88)68-62-56-50-44-39-34-31-26-27-32-37-42-47-53-59-65-77(4)5)102-85(90)70-64-58-52-46-41-36-30-25-23-22-24-28-33-38-43-48-54-60-66-78(6)9-3/h77-81,86H,7-76H2,1-6H3,(H,91,92)(H,93,94)/t78?,79-,80+,81+/m0/s1. The summed E-state index contributed by atoms with van der Waals surface area (Å²) < 4.78 is 68.8. The van der Waals surface area contributed by atoms with Crippen LogP contribution in [0.25, 0.3) is 0 Å². The van der Waals surface area contributed by atoms with Crippen molar-refractivity contribution in [2.24, 2.45) is 11.8 Å². The summed E-state index contributed by atoms with van der Waals surface area (Å²) in [7, 11) is -9.92. The van der Waals surface area contributed by atoms with Crippen molar-refractivity contribution in [3.8, 4) is 0 Å². The molecule has 3 unspecified atom stereocenters. The fourth-order valence-electron chi connectivity index (χ4n) is 13.2. The predicted octanol–water partition coefficient (Wildman–Crippen LogP) is 25.8. The van der Waals surface area contributed by atoms with E-state index in [1.807, 2.05) is 0 Å². The van der Waals surface area contributed by atoms with Crippen molar-refractivity contribution in [3.05, 3.63) is 0 Å². The monoisotopic (exact) mass is 1520 g/mol. The molecular formula is C85H166O17P2. The van der Waals surface area contributed by atoms with E-state index < -0.39 is 97.5 Å². The molecule has 104 heavy (non-hydrogen) atoms. The number of phosphoric acid groups is 2. The molecule has 0 rings (SSSR count). The van der Waals surface area contributed by atoms with Gasteiger partial charge in [-0.2, -0.15) is 0 Å². The van der Waals surface area contributed by atoms with Gasteiger partial charge in [-0.15, -0.1) is 0 Å². The van der Waals surface area contributed by atoms with Gasteiger partial charge in [0, 0.05) is 25.7 Å². The van der Waals surface area contributed by atoms with Crippen molar-refractivity contribution >= 4 is 39.5 Å². The van der Waals surface area contributed by atoms with Crippen molar-refractivity contribution in [2.45, 2.75) is 471 Å². The first kappa shape index (κ1) is 102. The molecule has 6 atom stereocenters. The molecule has 0 heterocycles. The molecule has 19 heteroatoms. The molecular weight excluding hydrogens is 1350 g/mol. The molecule has 0 aromatic heterocycles. The third kappa shape index (κ3) is 76.8. The molecule has 0 saturated heterocycles. The van der Waals surface area contributed by atoms with Crippen LogP contribution in [0.5, 0.6) is 0 Å². The first-order valence-electron chi connectivity index (χ1n) is 44.0. The molecule has 0 aliphatic rings. The minimum absolute atomic E-state index is 0.108. The summed E-state index contributed by atoms with van der Waals surface area (Å²) in [4.78, 5) is 73.1. The Morgan fingerprint density at radius 2 is 0.490 bits per heavy atom. The Kier molecular flexibility index (Phi) is 75.0. The smallest absolute Gasteiger partial charge is 0.462 e. The quantitative estimate of drug-likeness (QED) is 0.0222. The average molecular weight is 1520 g/mol. The normalized spacial score (nSPS) is 14.1. The lowest BCUT2D eigenvalue weighted by Crippen LogP contribution is -2.30. The molecule has 0 bridgehead atoms. The first-order chi connectivity index (χ1) is 50.4. The highest BCUT2D eigenvalue weighted by Crippen LogP contribution is 2.45. The number of phosphoric ester groups is 2. The molecule has 0 aromatic carbocycles. The third-order valence-electron chi connectivity index (χ3n) is 20.3. The van der Waals surface area contributed by atoms with E-state index >= 15 is 0 Å². The number of aliphatic hydroxyl groups excluding tert-OH is 1. The van der Waals surface area contributed by atoms with Crippen molar-refractivity contribution in [2.75, 3.05) is 39.6 Å². The number of carbonyl (C=O) groups excluding carboxylic acids is 4. The Labute approximate surface area is 638 Å². The van der Waals surface area contributed by atoms with Crippen LogP contribution in [0.4, 0.5) is 0 Å². The highest BCUT2D eigenvalue weighted by atomic mass is 31.2. The van der Waals surface area contributed by atoms with Crippen LogP contribution in [0.3, 0.4) is 0 Å². The van der Waals surface area contributed by atoms with E-state index in [1.165, 1.54) is 263 Å². The second kappa shape index (κ2) is 76.4. The maximum absolute atomic E-state index is 13.1. The molecule has 0 aliphatic heterocycles. The van der Waals surface area contributed by atoms with Gasteiger partial charge in [0.15, 0.2) is 12.2 Å². The molecule has 0 aliphatic carbocycles. The van der Waals surface area contributed by atoms with E-state index in [9.17, 15) is 43.2 Å². The molecule has 0 spiro atoms. The van der Waals surface area contributed by atoms with Crippen LogP contribution < -0.4 is 0 Å². The van der Waals surface area contributed by atoms with Crippen LogP contribution in [0.15, 0.2) is 0 Å². The first-order valence-corrected chi connectivity index (χ1v) is 47.0. The third-order valence-corrected chi connectivity index (χ3v) is 22.2. The van der Waals surface area contributed by atoms with Gasteiger partial charge >= 0.3 is 39.5 Å². The minimum Gasteiger partial charge on any atom is -0.462 e. The van der Waals surface area contributed by atoms with Crippen LogP contribution in [0, 0.1) is 11.8 Å². The maximum atomic E-state index is 13.1. The molecule has 0 saturated carbocycles. The van der Waals surface area contributed by atoms with Crippen molar-refractivity contribution in [1.29, 1.82) is 0 Å². The largest absolute Gasteiger partial charge is 0.472 e. The molecule has 3 N–H and O–H groups in total. The minimum atomic E-state index is -4.96. The molecule has 0 fully saturated rings. The number of carbonyl (C=O) groups is 4. The lowest BCUT2D eigenvalue weighted by atomic mass is 9.99. The fourth-order valence-corrected chi connectivity index (χ4v) is 14.8. The summed E-state index contributed by atoms with van der Waals surface area (Å²) in [5.41, 5.74) is 0. The molecule has 17 nitrogen and oxygen atoms in total. The zero-order chi connectivity index (χ0) is 76.4. The van der Waals surface area contributed by atoms with Crippen molar-refractivity contribution in [3.63, 3.8) is 0 Å². The van der Waals surface area contributed by atoms with E-state index in [1.54, 1.807) is 0 Å². The van der Waals surface area contributed by atoms with Crippen LogP contribution in [-0.2, 0) is 65.4 Å². The molecule has 0 aromatic rings.